The van der Waals surface area contributed by atoms with Crippen molar-refractivity contribution in [3.63, 3.8) is 0 Å². The number of likely N-dealkylation sites (N-methyl/N-ethyl adjacent to an activating group) is 1. The maximum Gasteiger partial charge on any atom is 0.0315 e. The molecule has 1 heterocycles. The fourth-order valence-electron chi connectivity index (χ4n) is 1.77. The number of hydrogen-bond acceptors (Lipinski definition) is 2. The highest BCUT2D eigenvalue weighted by Crippen LogP contribution is 2.19. The molecule has 2 nitrogen and oxygen atoms in total. The SMILES string of the molecule is CCCC1(NC)CCNC1. The Morgan fingerprint density at radius 1 is 1.60 bits per heavy atom. The molecule has 1 aliphatic rings. The standard InChI is InChI=1S/C8H18N2/c1-3-4-8(9-2)5-6-10-7-8/h9-10H,3-7H2,1-2H3. The highest BCUT2D eigenvalue weighted by molar-refractivity contribution is 4.93. The first-order valence-electron chi connectivity index (χ1n) is 4.22. The van der Waals surface area contributed by atoms with Gasteiger partial charge in [-0.1, -0.05) is 13.3 Å². The van der Waals surface area contributed by atoms with Gasteiger partial charge in [0.05, 0.1) is 0 Å². The average Bonchev–Trinajstić information content (AvgIpc) is 2.39. The smallest absolute Gasteiger partial charge is 0.0315 e. The van der Waals surface area contributed by atoms with E-state index in [-0.39, 0.29) is 0 Å². The summed E-state index contributed by atoms with van der Waals surface area (Å²) in [4.78, 5) is 0. The van der Waals surface area contributed by atoms with Crippen molar-refractivity contribution >= 4 is 0 Å². The molecular formula is C8H18N2. The minimum atomic E-state index is 0.425. The first-order valence-corrected chi connectivity index (χ1v) is 4.22. The summed E-state index contributed by atoms with van der Waals surface area (Å²) in [7, 11) is 2.07. The number of rotatable bonds is 3. The Bertz CT molecular complexity index is 95.4. The second-order valence-corrected chi connectivity index (χ2v) is 3.21. The van der Waals surface area contributed by atoms with Crippen molar-refractivity contribution < 1.29 is 0 Å². The van der Waals surface area contributed by atoms with Crippen LogP contribution in [0.3, 0.4) is 0 Å². The first-order chi connectivity index (χ1) is 4.83. The number of hydrogen-bond donors (Lipinski definition) is 2. The zero-order valence-corrected chi connectivity index (χ0v) is 7.04. The molecule has 0 aliphatic carbocycles. The van der Waals surface area contributed by atoms with Gasteiger partial charge >= 0.3 is 0 Å². The van der Waals surface area contributed by atoms with Crippen LogP contribution < -0.4 is 10.6 Å². The third kappa shape index (κ3) is 1.50. The predicted octanol–water partition coefficient (Wildman–Crippen LogP) is 0.738. The molecule has 1 saturated heterocycles. The highest BCUT2D eigenvalue weighted by Gasteiger charge is 2.30. The van der Waals surface area contributed by atoms with Crippen molar-refractivity contribution in [2.24, 2.45) is 0 Å². The lowest BCUT2D eigenvalue weighted by atomic mass is 9.93. The van der Waals surface area contributed by atoms with Gasteiger partial charge < -0.3 is 10.6 Å². The van der Waals surface area contributed by atoms with Crippen LogP contribution in [0.15, 0.2) is 0 Å². The average molecular weight is 142 g/mol. The van der Waals surface area contributed by atoms with E-state index < -0.39 is 0 Å². The van der Waals surface area contributed by atoms with E-state index in [0.29, 0.717) is 5.54 Å². The third-order valence-electron chi connectivity index (χ3n) is 2.50. The van der Waals surface area contributed by atoms with Gasteiger partial charge in [0.15, 0.2) is 0 Å². The van der Waals surface area contributed by atoms with Gasteiger partial charge in [-0.15, -0.1) is 0 Å². The Kier molecular flexibility index (Phi) is 2.69. The zero-order valence-electron chi connectivity index (χ0n) is 7.04. The fourth-order valence-corrected chi connectivity index (χ4v) is 1.77. The van der Waals surface area contributed by atoms with Crippen LogP contribution in [0.5, 0.6) is 0 Å². The Hall–Kier alpha value is -0.0800. The van der Waals surface area contributed by atoms with Crippen LogP contribution in [-0.2, 0) is 0 Å². The van der Waals surface area contributed by atoms with Crippen LogP contribution in [0.4, 0.5) is 0 Å². The van der Waals surface area contributed by atoms with Crippen molar-refractivity contribution in [1.82, 2.24) is 10.6 Å². The van der Waals surface area contributed by atoms with Gasteiger partial charge in [-0.2, -0.15) is 0 Å². The summed E-state index contributed by atoms with van der Waals surface area (Å²) in [5.74, 6) is 0. The van der Waals surface area contributed by atoms with Gasteiger partial charge in [0.25, 0.3) is 0 Å². The van der Waals surface area contributed by atoms with E-state index in [0.717, 1.165) is 6.54 Å². The molecule has 0 radical (unpaired) electrons. The molecule has 1 fully saturated rings. The summed E-state index contributed by atoms with van der Waals surface area (Å²) in [6.07, 6.45) is 3.87. The molecule has 0 bridgehead atoms. The molecule has 0 amide bonds. The molecule has 0 spiro atoms. The Balaban J connectivity index is 2.41. The summed E-state index contributed by atoms with van der Waals surface area (Å²) >= 11 is 0. The molecule has 0 aromatic rings. The molecule has 1 unspecified atom stereocenters. The predicted molar refractivity (Wildman–Crippen MR) is 44.2 cm³/mol. The van der Waals surface area contributed by atoms with Crippen LogP contribution in [0.2, 0.25) is 0 Å². The van der Waals surface area contributed by atoms with E-state index in [1.807, 2.05) is 0 Å². The van der Waals surface area contributed by atoms with Crippen molar-refractivity contribution in [2.45, 2.75) is 31.7 Å². The lowest BCUT2D eigenvalue weighted by Gasteiger charge is -2.26. The topological polar surface area (TPSA) is 24.1 Å². The largest absolute Gasteiger partial charge is 0.315 e. The summed E-state index contributed by atoms with van der Waals surface area (Å²) in [6, 6.07) is 0. The van der Waals surface area contributed by atoms with Gasteiger partial charge in [-0.3, -0.25) is 0 Å². The maximum absolute atomic E-state index is 3.42. The van der Waals surface area contributed by atoms with Crippen LogP contribution in [-0.4, -0.2) is 25.7 Å². The number of nitrogens with one attached hydrogen (secondary N) is 2. The van der Waals surface area contributed by atoms with Crippen LogP contribution in [0.1, 0.15) is 26.2 Å². The van der Waals surface area contributed by atoms with E-state index in [9.17, 15) is 0 Å². The van der Waals surface area contributed by atoms with Crippen molar-refractivity contribution in [3.8, 4) is 0 Å². The van der Waals surface area contributed by atoms with Gasteiger partial charge in [0.1, 0.15) is 0 Å². The van der Waals surface area contributed by atoms with Crippen molar-refractivity contribution in [3.05, 3.63) is 0 Å². The van der Waals surface area contributed by atoms with E-state index >= 15 is 0 Å². The van der Waals surface area contributed by atoms with Crippen LogP contribution in [0.25, 0.3) is 0 Å². The second-order valence-electron chi connectivity index (χ2n) is 3.21. The van der Waals surface area contributed by atoms with Crippen LogP contribution >= 0.6 is 0 Å². The maximum atomic E-state index is 3.42. The molecule has 10 heavy (non-hydrogen) atoms. The van der Waals surface area contributed by atoms with E-state index in [1.54, 1.807) is 0 Å². The second kappa shape index (κ2) is 3.35. The summed E-state index contributed by atoms with van der Waals surface area (Å²) in [5, 5.41) is 6.80. The lowest BCUT2D eigenvalue weighted by Crippen LogP contribution is -2.44. The Morgan fingerprint density at radius 3 is 2.80 bits per heavy atom. The highest BCUT2D eigenvalue weighted by atomic mass is 15.1. The molecule has 1 aliphatic heterocycles. The van der Waals surface area contributed by atoms with Gasteiger partial charge in [0.2, 0.25) is 0 Å². The van der Waals surface area contributed by atoms with Crippen LogP contribution in [0, 0.1) is 0 Å². The summed E-state index contributed by atoms with van der Waals surface area (Å²) < 4.78 is 0. The molecule has 1 atom stereocenters. The molecule has 2 N–H and O–H groups in total. The van der Waals surface area contributed by atoms with Crippen molar-refractivity contribution in [1.29, 1.82) is 0 Å². The quantitative estimate of drug-likeness (QED) is 0.607. The molecule has 60 valence electrons. The van der Waals surface area contributed by atoms with Gasteiger partial charge in [-0.05, 0) is 26.4 Å². The molecule has 2 heteroatoms. The minimum absolute atomic E-state index is 0.425. The lowest BCUT2D eigenvalue weighted by molar-refractivity contribution is 0.352. The zero-order chi connectivity index (χ0) is 7.45. The van der Waals surface area contributed by atoms with E-state index in [4.69, 9.17) is 0 Å². The summed E-state index contributed by atoms with van der Waals surface area (Å²) in [5.41, 5.74) is 0.425. The Morgan fingerprint density at radius 2 is 2.40 bits per heavy atom. The molecule has 0 saturated carbocycles. The molecular weight excluding hydrogens is 124 g/mol. The third-order valence-corrected chi connectivity index (χ3v) is 2.50. The monoisotopic (exact) mass is 142 g/mol. The van der Waals surface area contributed by atoms with E-state index in [2.05, 4.69) is 24.6 Å². The Labute approximate surface area is 63.4 Å². The molecule has 1 rings (SSSR count). The van der Waals surface area contributed by atoms with E-state index in [1.165, 1.54) is 25.8 Å². The molecule has 0 aromatic heterocycles. The summed E-state index contributed by atoms with van der Waals surface area (Å²) in [6.45, 7) is 4.58. The minimum Gasteiger partial charge on any atom is -0.315 e. The van der Waals surface area contributed by atoms with Gasteiger partial charge in [0, 0.05) is 12.1 Å². The first kappa shape index (κ1) is 8.02. The van der Waals surface area contributed by atoms with Crippen molar-refractivity contribution in [2.75, 3.05) is 20.1 Å². The normalized spacial score (nSPS) is 33.0. The van der Waals surface area contributed by atoms with Gasteiger partial charge in [-0.25, -0.2) is 0 Å². The molecule has 0 aromatic carbocycles. The fraction of sp³-hybridized carbons (Fsp3) is 1.00.